The summed E-state index contributed by atoms with van der Waals surface area (Å²) in [6.07, 6.45) is 3.43. The monoisotopic (exact) mass is 700 g/mol. The van der Waals surface area contributed by atoms with Gasteiger partial charge in [0.05, 0.1) is 11.1 Å². The molecule has 6 aromatic rings. The highest BCUT2D eigenvalue weighted by atomic mass is 79.9. The quantitative estimate of drug-likeness (QED) is 0.109. The van der Waals surface area contributed by atoms with Crippen LogP contribution in [0.25, 0.3) is 40.3 Å². The van der Waals surface area contributed by atoms with Crippen LogP contribution in [0.2, 0.25) is 0 Å². The molecule has 0 saturated heterocycles. The summed E-state index contributed by atoms with van der Waals surface area (Å²) in [4.78, 5) is 14.4. The van der Waals surface area contributed by atoms with Gasteiger partial charge in [0.1, 0.15) is 11.3 Å². The predicted octanol–water partition coefficient (Wildman–Crippen LogP) is 8.81. The summed E-state index contributed by atoms with van der Waals surface area (Å²) < 4.78 is 74.8. The third kappa shape index (κ3) is 10.2. The number of fused-ring (bicyclic) bond motifs is 2. The topological polar surface area (TPSA) is 97.8 Å². The number of benzene rings is 2. The van der Waals surface area contributed by atoms with E-state index in [9.17, 15) is 26.3 Å². The molecule has 0 radical (unpaired) electrons. The number of nitrogens with zero attached hydrogens (tertiary/aromatic N) is 2. The lowest BCUT2D eigenvalue weighted by atomic mass is 9.90. The van der Waals surface area contributed by atoms with Crippen LogP contribution in [-0.4, -0.2) is 37.1 Å². The molecule has 0 spiro atoms. The Hall–Kier alpha value is -4.66. The van der Waals surface area contributed by atoms with E-state index in [2.05, 4.69) is 35.9 Å². The highest BCUT2D eigenvalue weighted by Gasteiger charge is 2.30. The minimum atomic E-state index is -4.35. The molecular formula is C32H24BBrF6N4O2. The minimum Gasteiger partial charge on any atom is -0.424 e. The molecular weight excluding hydrogens is 677 g/mol. The number of H-pyrrole nitrogens is 2. The summed E-state index contributed by atoms with van der Waals surface area (Å²) in [7, 11) is -1.60. The summed E-state index contributed by atoms with van der Waals surface area (Å²) in [5.74, 6) is 1.06. The Morgan fingerprint density at radius 2 is 1.07 bits per heavy atom. The SMILES string of the molecule is Brc1cnc2[nH]ccc2c1.FC(F)(F)c1ccc(/C=C/c2cnc3[nH]ccc3c2)cc1.OB(O)/C=C/c1ccc(C(F)(F)F)cc1. The molecule has 0 amide bonds. The smallest absolute Gasteiger partial charge is 0.424 e. The summed E-state index contributed by atoms with van der Waals surface area (Å²) in [6.45, 7) is 0. The molecule has 2 aromatic carbocycles. The molecule has 14 heteroatoms. The number of aromatic amines is 2. The van der Waals surface area contributed by atoms with Crippen molar-refractivity contribution in [1.82, 2.24) is 19.9 Å². The van der Waals surface area contributed by atoms with Crippen LogP contribution in [0, 0.1) is 0 Å². The van der Waals surface area contributed by atoms with Crippen molar-refractivity contribution in [3.8, 4) is 0 Å². The van der Waals surface area contributed by atoms with Crippen LogP contribution in [0.15, 0.2) is 108 Å². The molecule has 4 heterocycles. The average molecular weight is 701 g/mol. The number of aromatic nitrogens is 4. The number of pyridine rings is 2. The lowest BCUT2D eigenvalue weighted by Crippen LogP contribution is -2.05. The van der Waals surface area contributed by atoms with Gasteiger partial charge in [-0.05, 0) is 81.2 Å². The molecule has 0 aliphatic carbocycles. The van der Waals surface area contributed by atoms with Crippen LogP contribution < -0.4 is 0 Å². The zero-order valence-electron chi connectivity index (χ0n) is 23.6. The van der Waals surface area contributed by atoms with E-state index in [4.69, 9.17) is 10.0 Å². The first-order valence-corrected chi connectivity index (χ1v) is 14.2. The molecule has 4 N–H and O–H groups in total. The first-order valence-electron chi connectivity index (χ1n) is 13.4. The molecule has 0 fully saturated rings. The Labute approximate surface area is 267 Å². The van der Waals surface area contributed by atoms with E-state index < -0.39 is 30.6 Å². The fourth-order valence-corrected chi connectivity index (χ4v) is 4.27. The Kier molecular flexibility index (Phi) is 11.2. The number of nitrogens with one attached hydrogen (secondary N) is 2. The van der Waals surface area contributed by atoms with Gasteiger partial charge in [0.15, 0.2) is 0 Å². The van der Waals surface area contributed by atoms with Gasteiger partial charge in [0.2, 0.25) is 0 Å². The van der Waals surface area contributed by atoms with Crippen LogP contribution in [0.1, 0.15) is 27.8 Å². The van der Waals surface area contributed by atoms with Gasteiger partial charge in [0.25, 0.3) is 0 Å². The van der Waals surface area contributed by atoms with E-state index in [1.165, 1.54) is 30.3 Å². The largest absolute Gasteiger partial charge is 0.480 e. The van der Waals surface area contributed by atoms with Gasteiger partial charge < -0.3 is 20.0 Å². The van der Waals surface area contributed by atoms with Crippen molar-refractivity contribution in [3.63, 3.8) is 0 Å². The molecule has 236 valence electrons. The Bertz CT molecular complexity index is 1920. The maximum Gasteiger partial charge on any atom is 0.480 e. The third-order valence-corrected chi connectivity index (χ3v) is 6.63. The fourth-order valence-electron chi connectivity index (χ4n) is 3.92. The van der Waals surface area contributed by atoms with Crippen molar-refractivity contribution in [2.75, 3.05) is 0 Å². The van der Waals surface area contributed by atoms with Crippen molar-refractivity contribution in [2.24, 2.45) is 0 Å². The summed E-state index contributed by atoms with van der Waals surface area (Å²) in [5.41, 5.74) is 2.43. The van der Waals surface area contributed by atoms with Gasteiger partial charge in [0, 0.05) is 40.0 Å². The lowest BCUT2D eigenvalue weighted by molar-refractivity contribution is -0.138. The van der Waals surface area contributed by atoms with E-state index in [0.717, 1.165) is 62.3 Å². The molecule has 0 bridgehead atoms. The van der Waals surface area contributed by atoms with Gasteiger partial charge in [-0.1, -0.05) is 48.5 Å². The van der Waals surface area contributed by atoms with E-state index in [-0.39, 0.29) is 0 Å². The number of hydrogen-bond acceptors (Lipinski definition) is 4. The van der Waals surface area contributed by atoms with Crippen LogP contribution in [0.3, 0.4) is 0 Å². The number of halogens is 7. The normalized spacial score (nSPS) is 11.8. The first kappa shape index (κ1) is 34.2. The zero-order valence-corrected chi connectivity index (χ0v) is 25.1. The van der Waals surface area contributed by atoms with Crippen molar-refractivity contribution >= 4 is 63.3 Å². The maximum absolute atomic E-state index is 12.5. The molecule has 4 aromatic heterocycles. The van der Waals surface area contributed by atoms with Gasteiger partial charge in [-0.15, -0.1) is 0 Å². The average Bonchev–Trinajstić information content (AvgIpc) is 3.68. The van der Waals surface area contributed by atoms with Gasteiger partial charge in [-0.2, -0.15) is 26.3 Å². The molecule has 0 aliphatic rings. The molecule has 46 heavy (non-hydrogen) atoms. The van der Waals surface area contributed by atoms with Gasteiger partial charge >= 0.3 is 19.5 Å². The van der Waals surface area contributed by atoms with Crippen molar-refractivity contribution < 1.29 is 36.4 Å². The van der Waals surface area contributed by atoms with Crippen LogP contribution in [-0.2, 0) is 12.4 Å². The molecule has 0 aliphatic heterocycles. The Morgan fingerprint density at radius 3 is 1.57 bits per heavy atom. The minimum absolute atomic E-state index is 0.469. The third-order valence-electron chi connectivity index (χ3n) is 6.19. The number of rotatable bonds is 4. The van der Waals surface area contributed by atoms with Crippen LogP contribution >= 0.6 is 15.9 Å². The number of hydrogen-bond donors (Lipinski definition) is 4. The molecule has 6 rings (SSSR count). The zero-order chi connectivity index (χ0) is 33.3. The van der Waals surface area contributed by atoms with Crippen molar-refractivity contribution in [1.29, 1.82) is 0 Å². The Balaban J connectivity index is 0.000000168. The summed E-state index contributed by atoms with van der Waals surface area (Å²) in [6, 6.07) is 17.3. The van der Waals surface area contributed by atoms with Gasteiger partial charge in [-0.25, -0.2) is 9.97 Å². The maximum atomic E-state index is 12.5. The van der Waals surface area contributed by atoms with E-state index >= 15 is 0 Å². The summed E-state index contributed by atoms with van der Waals surface area (Å²) in [5, 5.41) is 19.1. The van der Waals surface area contributed by atoms with Crippen LogP contribution in [0.4, 0.5) is 26.3 Å². The standard InChI is InChI=1S/C16H11F3N2.C9H8BF3O2.C7H5BrN2/c17-16(18,19)14-5-3-11(4-6-14)1-2-12-9-13-7-8-20-15(13)21-10-12;11-9(12,13)8-3-1-7(2-4-8)5-6-10(14)15;8-6-3-5-1-2-9-7(5)10-4-6/h1-10H,(H,20,21);1-6,14-15H;1-4H,(H,9,10)/b2-1+;6-5+;. The number of alkyl halides is 6. The molecule has 0 unspecified atom stereocenters. The van der Waals surface area contributed by atoms with Crippen LogP contribution in [0.5, 0.6) is 0 Å². The second-order valence-corrected chi connectivity index (χ2v) is 10.5. The second-order valence-electron chi connectivity index (χ2n) is 9.60. The lowest BCUT2D eigenvalue weighted by Gasteiger charge is -2.05. The van der Waals surface area contributed by atoms with Crippen molar-refractivity contribution in [2.45, 2.75) is 12.4 Å². The molecule has 0 saturated carbocycles. The van der Waals surface area contributed by atoms with Crippen molar-refractivity contribution in [3.05, 3.63) is 136 Å². The van der Waals surface area contributed by atoms with E-state index in [1.807, 2.05) is 36.5 Å². The molecule has 0 atom stereocenters. The highest BCUT2D eigenvalue weighted by molar-refractivity contribution is 9.10. The second kappa shape index (κ2) is 15.1. The van der Waals surface area contributed by atoms with E-state index in [1.54, 1.807) is 24.7 Å². The Morgan fingerprint density at radius 1 is 0.609 bits per heavy atom. The summed E-state index contributed by atoms with van der Waals surface area (Å²) >= 11 is 3.34. The predicted molar refractivity (Wildman–Crippen MR) is 171 cm³/mol. The van der Waals surface area contributed by atoms with E-state index in [0.29, 0.717) is 11.1 Å². The first-order chi connectivity index (χ1) is 21.8. The molecule has 6 nitrogen and oxygen atoms in total. The van der Waals surface area contributed by atoms with Gasteiger partial charge in [-0.3, -0.25) is 0 Å². The highest BCUT2D eigenvalue weighted by Crippen LogP contribution is 2.30. The fraction of sp³-hybridized carbons (Fsp3) is 0.0625.